The van der Waals surface area contributed by atoms with Gasteiger partial charge >= 0.3 is 0 Å². The molecule has 0 N–H and O–H groups in total. The number of nitrogens with zero attached hydrogens (tertiary/aromatic N) is 4. The minimum absolute atomic E-state index is 0.638. The summed E-state index contributed by atoms with van der Waals surface area (Å²) < 4.78 is 3.72. The van der Waals surface area contributed by atoms with E-state index < -0.39 is 0 Å². The lowest BCUT2D eigenvalue weighted by atomic mass is 9.92. The molecule has 0 amide bonds. The van der Waals surface area contributed by atoms with Crippen molar-refractivity contribution < 1.29 is 0 Å². The average Bonchev–Trinajstić information content (AvgIpc) is 3.84. The Labute approximate surface area is 318 Å². The van der Waals surface area contributed by atoms with Crippen LogP contribution in [0.1, 0.15) is 0 Å². The van der Waals surface area contributed by atoms with Gasteiger partial charge in [0.25, 0.3) is 0 Å². The predicted octanol–water partition coefficient (Wildman–Crippen LogP) is 13.5. The van der Waals surface area contributed by atoms with Crippen LogP contribution in [0, 0.1) is 0 Å². The van der Waals surface area contributed by atoms with Gasteiger partial charge in [-0.2, -0.15) is 0 Å². The molecular formula is C48H28N4S2. The lowest BCUT2D eigenvalue weighted by Crippen LogP contribution is -2.00. The first kappa shape index (κ1) is 31.0. The zero-order valence-electron chi connectivity index (χ0n) is 28.8. The van der Waals surface area contributed by atoms with Gasteiger partial charge in [0.15, 0.2) is 17.5 Å². The summed E-state index contributed by atoms with van der Waals surface area (Å²) in [6.45, 7) is 0. The van der Waals surface area contributed by atoms with Crippen molar-refractivity contribution in [2.75, 3.05) is 0 Å². The van der Waals surface area contributed by atoms with Gasteiger partial charge in [-0.25, -0.2) is 19.9 Å². The molecule has 0 aliphatic carbocycles. The summed E-state index contributed by atoms with van der Waals surface area (Å²) in [6.07, 6.45) is 0. The Morgan fingerprint density at radius 2 is 0.981 bits per heavy atom. The van der Waals surface area contributed by atoms with Gasteiger partial charge in [0.1, 0.15) is 5.01 Å². The number of thiophene rings is 1. The molecule has 0 radical (unpaired) electrons. The highest BCUT2D eigenvalue weighted by atomic mass is 32.1. The van der Waals surface area contributed by atoms with Crippen LogP contribution in [0.25, 0.3) is 108 Å². The zero-order valence-corrected chi connectivity index (χ0v) is 30.4. The zero-order chi connectivity index (χ0) is 35.6. The maximum absolute atomic E-state index is 5.39. The number of aromatic nitrogens is 4. The Morgan fingerprint density at radius 3 is 1.80 bits per heavy atom. The van der Waals surface area contributed by atoms with Gasteiger partial charge in [-0.05, 0) is 45.3 Å². The molecular weight excluding hydrogens is 697 g/mol. The second-order valence-electron chi connectivity index (χ2n) is 13.4. The first-order chi connectivity index (χ1) is 26.7. The molecule has 3 heterocycles. The van der Waals surface area contributed by atoms with E-state index in [1.165, 1.54) is 35.8 Å². The second kappa shape index (κ2) is 12.5. The van der Waals surface area contributed by atoms with E-state index in [0.29, 0.717) is 17.5 Å². The fourth-order valence-corrected chi connectivity index (χ4v) is 9.88. The van der Waals surface area contributed by atoms with Crippen LogP contribution in [0.15, 0.2) is 170 Å². The molecule has 3 aromatic heterocycles. The fourth-order valence-electron chi connectivity index (χ4n) is 7.63. The molecule has 11 aromatic rings. The summed E-state index contributed by atoms with van der Waals surface area (Å²) in [6, 6.07) is 59.6. The monoisotopic (exact) mass is 724 g/mol. The molecule has 0 aliphatic rings. The Morgan fingerprint density at radius 1 is 0.352 bits per heavy atom. The van der Waals surface area contributed by atoms with Crippen LogP contribution in [0.2, 0.25) is 0 Å². The molecule has 0 spiro atoms. The van der Waals surface area contributed by atoms with Gasteiger partial charge in [-0.15, -0.1) is 22.7 Å². The molecule has 6 heteroatoms. The minimum atomic E-state index is 0.638. The molecule has 0 bridgehead atoms. The topological polar surface area (TPSA) is 51.6 Å². The SMILES string of the molecule is c1ccc(-c2nc(-c3ccc4ccccc4c3)nc(-c3cccc4c(-c5c6nc(-c7ccccc7)sc6cc6sc7ccccc7c56)cccc34)n2)cc1. The third-order valence-electron chi connectivity index (χ3n) is 10.2. The number of thiazole rings is 1. The summed E-state index contributed by atoms with van der Waals surface area (Å²) in [7, 11) is 0. The van der Waals surface area contributed by atoms with E-state index in [1.807, 2.05) is 29.5 Å². The largest absolute Gasteiger partial charge is 0.235 e. The van der Waals surface area contributed by atoms with E-state index in [-0.39, 0.29) is 0 Å². The highest BCUT2D eigenvalue weighted by Crippen LogP contribution is 2.48. The average molecular weight is 725 g/mol. The summed E-state index contributed by atoms with van der Waals surface area (Å²) in [5.74, 6) is 1.92. The lowest BCUT2D eigenvalue weighted by molar-refractivity contribution is 1.08. The van der Waals surface area contributed by atoms with E-state index >= 15 is 0 Å². The Balaban J connectivity index is 1.17. The molecule has 252 valence electrons. The Hall–Kier alpha value is -6.60. The summed E-state index contributed by atoms with van der Waals surface area (Å²) in [5, 5.41) is 8.05. The Bertz CT molecular complexity index is 3220. The number of fused-ring (bicyclic) bond motifs is 6. The molecule has 0 saturated carbocycles. The third-order valence-corrected chi connectivity index (χ3v) is 12.3. The van der Waals surface area contributed by atoms with Gasteiger partial charge in [0.05, 0.1) is 10.2 Å². The molecule has 11 rings (SSSR count). The van der Waals surface area contributed by atoms with E-state index in [2.05, 4.69) is 152 Å². The number of hydrogen-bond acceptors (Lipinski definition) is 6. The van der Waals surface area contributed by atoms with Gasteiger partial charge in [0, 0.05) is 48.0 Å². The van der Waals surface area contributed by atoms with Gasteiger partial charge in [-0.3, -0.25) is 0 Å². The van der Waals surface area contributed by atoms with E-state index in [4.69, 9.17) is 19.9 Å². The van der Waals surface area contributed by atoms with Gasteiger partial charge in [-0.1, -0.05) is 152 Å². The molecule has 54 heavy (non-hydrogen) atoms. The third kappa shape index (κ3) is 5.11. The van der Waals surface area contributed by atoms with Crippen LogP contribution < -0.4 is 0 Å². The van der Waals surface area contributed by atoms with Crippen molar-refractivity contribution in [3.05, 3.63) is 170 Å². The Kier molecular flexibility index (Phi) is 7.18. The summed E-state index contributed by atoms with van der Waals surface area (Å²) in [5.41, 5.74) is 7.32. The van der Waals surface area contributed by atoms with E-state index in [0.717, 1.165) is 54.5 Å². The van der Waals surface area contributed by atoms with Gasteiger partial charge in [0.2, 0.25) is 0 Å². The van der Waals surface area contributed by atoms with Crippen LogP contribution >= 0.6 is 22.7 Å². The quantitative estimate of drug-likeness (QED) is 0.177. The van der Waals surface area contributed by atoms with Crippen molar-refractivity contribution in [1.29, 1.82) is 0 Å². The van der Waals surface area contributed by atoms with Crippen molar-refractivity contribution >= 4 is 74.6 Å². The van der Waals surface area contributed by atoms with Crippen molar-refractivity contribution in [3.63, 3.8) is 0 Å². The highest BCUT2D eigenvalue weighted by Gasteiger charge is 2.22. The smallest absolute Gasteiger partial charge is 0.164 e. The maximum atomic E-state index is 5.39. The number of hydrogen-bond donors (Lipinski definition) is 0. The van der Waals surface area contributed by atoms with Crippen LogP contribution in [-0.2, 0) is 0 Å². The normalized spacial score (nSPS) is 11.7. The molecule has 0 unspecified atom stereocenters. The molecule has 0 fully saturated rings. The minimum Gasteiger partial charge on any atom is -0.235 e. The van der Waals surface area contributed by atoms with Crippen molar-refractivity contribution in [2.45, 2.75) is 0 Å². The first-order valence-electron chi connectivity index (χ1n) is 17.9. The molecule has 0 aliphatic heterocycles. The van der Waals surface area contributed by atoms with Crippen LogP contribution in [0.3, 0.4) is 0 Å². The molecule has 8 aromatic carbocycles. The van der Waals surface area contributed by atoms with Crippen LogP contribution in [0.5, 0.6) is 0 Å². The highest BCUT2D eigenvalue weighted by molar-refractivity contribution is 7.27. The summed E-state index contributed by atoms with van der Waals surface area (Å²) >= 11 is 3.60. The lowest BCUT2D eigenvalue weighted by Gasteiger charge is -2.14. The maximum Gasteiger partial charge on any atom is 0.164 e. The van der Waals surface area contributed by atoms with Gasteiger partial charge < -0.3 is 0 Å². The van der Waals surface area contributed by atoms with Crippen LogP contribution in [-0.4, -0.2) is 19.9 Å². The molecule has 0 saturated heterocycles. The molecule has 4 nitrogen and oxygen atoms in total. The van der Waals surface area contributed by atoms with E-state index in [9.17, 15) is 0 Å². The summed E-state index contributed by atoms with van der Waals surface area (Å²) in [4.78, 5) is 20.8. The standard InChI is InChI=1S/C48H28N4S2/c1-3-14-30(15-4-1)45-50-46(33-26-25-29-13-7-8-18-32(29)27-33)52-47(51-45)37-23-12-20-34-35(37)21-11-22-36(34)43-42-38-19-9-10-24-39(38)53-40(42)28-41-44(43)49-48(54-41)31-16-5-2-6-17-31/h1-28H. The first-order valence-corrected chi connectivity index (χ1v) is 19.5. The predicted molar refractivity (Wildman–Crippen MR) is 228 cm³/mol. The second-order valence-corrected chi connectivity index (χ2v) is 15.5. The van der Waals surface area contributed by atoms with E-state index in [1.54, 1.807) is 11.3 Å². The fraction of sp³-hybridized carbons (Fsp3) is 0. The molecule has 0 atom stereocenters. The van der Waals surface area contributed by atoms with Crippen molar-refractivity contribution in [3.8, 4) is 55.9 Å². The number of rotatable bonds is 5. The van der Waals surface area contributed by atoms with Crippen molar-refractivity contribution in [1.82, 2.24) is 19.9 Å². The number of benzene rings is 8. The van der Waals surface area contributed by atoms with Crippen molar-refractivity contribution in [2.24, 2.45) is 0 Å². The van der Waals surface area contributed by atoms with Crippen LogP contribution in [0.4, 0.5) is 0 Å².